The normalized spacial score (nSPS) is 14.4. The van der Waals surface area contributed by atoms with Gasteiger partial charge in [0.05, 0.1) is 7.11 Å². The summed E-state index contributed by atoms with van der Waals surface area (Å²) in [5.41, 5.74) is 0.981. The standard InChI is InChI=1S/C16H19F2NO2/c1-10(19-9-15(20)16(17)18)11-3-4-13-8-14(21-2)6-5-12(13)7-11/h3-8,10,15-16,19-20H,9H2,1-2H3. The number of aliphatic hydroxyl groups excluding tert-OH is 1. The van der Waals surface area contributed by atoms with E-state index in [4.69, 9.17) is 9.84 Å². The molecule has 0 heterocycles. The quantitative estimate of drug-likeness (QED) is 0.860. The molecule has 2 atom stereocenters. The number of halogens is 2. The summed E-state index contributed by atoms with van der Waals surface area (Å²) in [6.45, 7) is 1.74. The second kappa shape index (κ2) is 6.83. The van der Waals surface area contributed by atoms with E-state index in [0.717, 1.165) is 22.1 Å². The van der Waals surface area contributed by atoms with Gasteiger partial charge in [0.25, 0.3) is 6.43 Å². The molecule has 114 valence electrons. The van der Waals surface area contributed by atoms with Crippen molar-refractivity contribution in [1.29, 1.82) is 0 Å². The number of aliphatic hydroxyl groups is 1. The average Bonchev–Trinajstić information content (AvgIpc) is 2.50. The number of fused-ring (bicyclic) bond motifs is 1. The second-order valence-electron chi connectivity index (χ2n) is 5.00. The number of alkyl halides is 2. The fourth-order valence-corrected chi connectivity index (χ4v) is 2.14. The molecule has 2 rings (SSSR count). The van der Waals surface area contributed by atoms with Gasteiger partial charge in [0.2, 0.25) is 0 Å². The van der Waals surface area contributed by atoms with Gasteiger partial charge in [0.1, 0.15) is 11.9 Å². The van der Waals surface area contributed by atoms with Crippen molar-refractivity contribution in [2.45, 2.75) is 25.5 Å². The molecule has 0 saturated carbocycles. The lowest BCUT2D eigenvalue weighted by molar-refractivity contribution is -0.00439. The molecule has 0 aliphatic rings. The van der Waals surface area contributed by atoms with Crippen molar-refractivity contribution in [3.63, 3.8) is 0 Å². The average molecular weight is 295 g/mol. The van der Waals surface area contributed by atoms with Gasteiger partial charge in [-0.25, -0.2) is 8.78 Å². The summed E-state index contributed by atoms with van der Waals surface area (Å²) < 4.78 is 29.7. The highest BCUT2D eigenvalue weighted by Crippen LogP contribution is 2.24. The molecule has 0 saturated heterocycles. The summed E-state index contributed by atoms with van der Waals surface area (Å²) >= 11 is 0. The molecule has 21 heavy (non-hydrogen) atoms. The van der Waals surface area contributed by atoms with Gasteiger partial charge in [-0.3, -0.25) is 0 Å². The van der Waals surface area contributed by atoms with E-state index in [-0.39, 0.29) is 12.6 Å². The minimum atomic E-state index is -2.73. The minimum absolute atomic E-state index is 0.120. The van der Waals surface area contributed by atoms with Crippen LogP contribution in [0.1, 0.15) is 18.5 Å². The topological polar surface area (TPSA) is 41.5 Å². The fraction of sp³-hybridized carbons (Fsp3) is 0.375. The monoisotopic (exact) mass is 295 g/mol. The summed E-state index contributed by atoms with van der Waals surface area (Å²) in [5.74, 6) is 0.793. The third-order valence-corrected chi connectivity index (χ3v) is 3.50. The molecular formula is C16H19F2NO2. The molecular weight excluding hydrogens is 276 g/mol. The van der Waals surface area contributed by atoms with Crippen LogP contribution in [0.15, 0.2) is 36.4 Å². The van der Waals surface area contributed by atoms with Crippen molar-refractivity contribution in [3.8, 4) is 5.75 Å². The van der Waals surface area contributed by atoms with Gasteiger partial charge >= 0.3 is 0 Å². The summed E-state index contributed by atoms with van der Waals surface area (Å²) in [4.78, 5) is 0. The first-order valence-electron chi connectivity index (χ1n) is 6.78. The number of nitrogens with one attached hydrogen (secondary N) is 1. The molecule has 0 aliphatic heterocycles. The van der Waals surface area contributed by atoms with Gasteiger partial charge in [-0.2, -0.15) is 0 Å². The first-order chi connectivity index (χ1) is 10.0. The van der Waals surface area contributed by atoms with Crippen LogP contribution in [0.3, 0.4) is 0 Å². The van der Waals surface area contributed by atoms with Crippen molar-refractivity contribution in [2.75, 3.05) is 13.7 Å². The van der Waals surface area contributed by atoms with Gasteiger partial charge in [-0.15, -0.1) is 0 Å². The van der Waals surface area contributed by atoms with E-state index in [0.29, 0.717) is 0 Å². The Hall–Kier alpha value is -1.72. The minimum Gasteiger partial charge on any atom is -0.497 e. The molecule has 0 aliphatic carbocycles. The Bertz CT molecular complexity index is 604. The highest BCUT2D eigenvalue weighted by Gasteiger charge is 2.17. The van der Waals surface area contributed by atoms with Crippen molar-refractivity contribution in [3.05, 3.63) is 42.0 Å². The number of benzene rings is 2. The number of hydrogen-bond acceptors (Lipinski definition) is 3. The van der Waals surface area contributed by atoms with E-state index >= 15 is 0 Å². The highest BCUT2D eigenvalue weighted by atomic mass is 19.3. The van der Waals surface area contributed by atoms with Crippen LogP contribution in [0, 0.1) is 0 Å². The highest BCUT2D eigenvalue weighted by molar-refractivity contribution is 5.84. The lowest BCUT2D eigenvalue weighted by atomic mass is 10.0. The molecule has 0 aromatic heterocycles. The molecule has 0 amide bonds. The van der Waals surface area contributed by atoms with Crippen molar-refractivity contribution in [2.24, 2.45) is 0 Å². The zero-order chi connectivity index (χ0) is 15.4. The maximum absolute atomic E-state index is 12.3. The van der Waals surface area contributed by atoms with Crippen molar-refractivity contribution >= 4 is 10.8 Å². The van der Waals surface area contributed by atoms with Gasteiger partial charge in [-0.1, -0.05) is 18.2 Å². The fourth-order valence-electron chi connectivity index (χ4n) is 2.14. The van der Waals surface area contributed by atoms with Crippen molar-refractivity contribution < 1.29 is 18.6 Å². The first kappa shape index (κ1) is 15.7. The molecule has 0 bridgehead atoms. The second-order valence-corrected chi connectivity index (χ2v) is 5.00. The number of methoxy groups -OCH3 is 1. The van der Waals surface area contributed by atoms with Gasteiger partial charge < -0.3 is 15.2 Å². The van der Waals surface area contributed by atoms with Crippen LogP contribution in [-0.4, -0.2) is 31.3 Å². The zero-order valence-corrected chi connectivity index (χ0v) is 12.0. The van der Waals surface area contributed by atoms with Crippen LogP contribution < -0.4 is 10.1 Å². The van der Waals surface area contributed by atoms with E-state index in [2.05, 4.69) is 5.32 Å². The van der Waals surface area contributed by atoms with Crippen LogP contribution in [0.25, 0.3) is 10.8 Å². The smallest absolute Gasteiger partial charge is 0.265 e. The lowest BCUT2D eigenvalue weighted by Gasteiger charge is -2.17. The lowest BCUT2D eigenvalue weighted by Crippen LogP contribution is -2.33. The van der Waals surface area contributed by atoms with E-state index in [1.54, 1.807) is 7.11 Å². The van der Waals surface area contributed by atoms with Crippen LogP contribution >= 0.6 is 0 Å². The van der Waals surface area contributed by atoms with E-state index in [1.165, 1.54) is 0 Å². The van der Waals surface area contributed by atoms with E-state index in [1.807, 2.05) is 43.3 Å². The third kappa shape index (κ3) is 3.89. The molecule has 2 unspecified atom stereocenters. The Morgan fingerprint density at radius 1 is 1.14 bits per heavy atom. The van der Waals surface area contributed by atoms with Crippen LogP contribution in [0.5, 0.6) is 5.75 Å². The van der Waals surface area contributed by atoms with Gasteiger partial charge in [-0.05, 0) is 41.5 Å². The molecule has 2 aromatic carbocycles. The molecule has 0 radical (unpaired) electrons. The van der Waals surface area contributed by atoms with Crippen LogP contribution in [0.2, 0.25) is 0 Å². The Balaban J connectivity index is 2.11. The van der Waals surface area contributed by atoms with Crippen LogP contribution in [-0.2, 0) is 0 Å². The Labute approximate surface area is 122 Å². The first-order valence-corrected chi connectivity index (χ1v) is 6.78. The van der Waals surface area contributed by atoms with Crippen molar-refractivity contribution in [1.82, 2.24) is 5.32 Å². The molecule has 5 heteroatoms. The van der Waals surface area contributed by atoms with Crippen LogP contribution in [0.4, 0.5) is 8.78 Å². The largest absolute Gasteiger partial charge is 0.497 e. The molecule has 2 N–H and O–H groups in total. The summed E-state index contributed by atoms with van der Waals surface area (Å²) in [6, 6.07) is 11.6. The number of rotatable bonds is 6. The maximum atomic E-state index is 12.3. The molecule has 3 nitrogen and oxygen atoms in total. The Morgan fingerprint density at radius 3 is 2.48 bits per heavy atom. The van der Waals surface area contributed by atoms with E-state index < -0.39 is 12.5 Å². The maximum Gasteiger partial charge on any atom is 0.265 e. The predicted octanol–water partition coefficient (Wildman–Crippen LogP) is 3.13. The Morgan fingerprint density at radius 2 is 1.81 bits per heavy atom. The summed E-state index contributed by atoms with van der Waals surface area (Å²) in [6.07, 6.45) is -4.37. The van der Waals surface area contributed by atoms with E-state index in [9.17, 15) is 8.78 Å². The number of ether oxygens (including phenoxy) is 1. The molecule has 2 aromatic rings. The Kier molecular flexibility index (Phi) is 5.09. The summed E-state index contributed by atoms with van der Waals surface area (Å²) in [7, 11) is 1.62. The predicted molar refractivity (Wildman–Crippen MR) is 78.9 cm³/mol. The summed E-state index contributed by atoms with van der Waals surface area (Å²) in [5, 5.41) is 14.1. The van der Waals surface area contributed by atoms with Gasteiger partial charge in [0, 0.05) is 12.6 Å². The SMILES string of the molecule is COc1ccc2cc(C(C)NCC(O)C(F)F)ccc2c1. The molecule has 0 spiro atoms. The van der Waals surface area contributed by atoms with Gasteiger partial charge in [0.15, 0.2) is 0 Å². The third-order valence-electron chi connectivity index (χ3n) is 3.50. The molecule has 0 fully saturated rings. The zero-order valence-electron chi connectivity index (χ0n) is 12.0. The number of hydrogen-bond donors (Lipinski definition) is 2.